The number of hydrogen-bond donors (Lipinski definition) is 1. The summed E-state index contributed by atoms with van der Waals surface area (Å²) in [5.41, 5.74) is 0. The van der Waals surface area contributed by atoms with Crippen molar-refractivity contribution in [2.24, 2.45) is 11.8 Å². The van der Waals surface area contributed by atoms with Crippen molar-refractivity contribution in [3.8, 4) is 0 Å². The summed E-state index contributed by atoms with van der Waals surface area (Å²) >= 11 is 0. The van der Waals surface area contributed by atoms with Crippen molar-refractivity contribution in [2.75, 3.05) is 33.4 Å². The van der Waals surface area contributed by atoms with Gasteiger partial charge in [0, 0.05) is 38.8 Å². The van der Waals surface area contributed by atoms with Crippen LogP contribution in [0.25, 0.3) is 0 Å². The van der Waals surface area contributed by atoms with Crippen LogP contribution in [0.3, 0.4) is 0 Å². The van der Waals surface area contributed by atoms with Gasteiger partial charge in [-0.25, -0.2) is 0 Å². The molecule has 3 saturated carbocycles. The fraction of sp³-hybridized carbons (Fsp3) is 1.00. The zero-order valence-electron chi connectivity index (χ0n) is 11.7. The van der Waals surface area contributed by atoms with Gasteiger partial charge in [-0.05, 0) is 50.4 Å². The molecule has 3 nitrogen and oxygen atoms in total. The topological polar surface area (TPSA) is 24.5 Å². The first-order chi connectivity index (χ1) is 8.85. The van der Waals surface area contributed by atoms with E-state index in [1.54, 1.807) is 0 Å². The van der Waals surface area contributed by atoms with Crippen molar-refractivity contribution >= 4 is 0 Å². The number of hydrogen-bond acceptors (Lipinski definition) is 3. The van der Waals surface area contributed by atoms with Gasteiger partial charge in [0.25, 0.3) is 0 Å². The summed E-state index contributed by atoms with van der Waals surface area (Å²) in [4.78, 5) is 2.73. The Balaban J connectivity index is 1.50. The second-order valence-corrected chi connectivity index (χ2v) is 6.63. The van der Waals surface area contributed by atoms with Gasteiger partial charge in [0.2, 0.25) is 0 Å². The van der Waals surface area contributed by atoms with Crippen molar-refractivity contribution in [3.63, 3.8) is 0 Å². The molecule has 0 amide bonds. The van der Waals surface area contributed by atoms with Crippen molar-refractivity contribution in [1.82, 2.24) is 10.2 Å². The standard InChI is InChI=1S/C15H28N2O/c1-18-11-15(8-16-14-6-7-14)17(9-12-2-3-12)10-13-4-5-13/h12-16H,2-11H2,1H3. The summed E-state index contributed by atoms with van der Waals surface area (Å²) in [5, 5.41) is 3.69. The zero-order valence-corrected chi connectivity index (χ0v) is 11.7. The van der Waals surface area contributed by atoms with E-state index in [1.165, 1.54) is 51.6 Å². The highest BCUT2D eigenvalue weighted by atomic mass is 16.5. The molecule has 0 aliphatic heterocycles. The van der Waals surface area contributed by atoms with Crippen molar-refractivity contribution in [2.45, 2.75) is 50.6 Å². The van der Waals surface area contributed by atoms with Crippen molar-refractivity contribution in [1.29, 1.82) is 0 Å². The van der Waals surface area contributed by atoms with Crippen LogP contribution in [0.5, 0.6) is 0 Å². The first-order valence-electron chi connectivity index (χ1n) is 7.81. The Morgan fingerprint density at radius 3 is 2.11 bits per heavy atom. The molecule has 0 bridgehead atoms. The van der Waals surface area contributed by atoms with Crippen LogP contribution in [0, 0.1) is 11.8 Å². The summed E-state index contributed by atoms with van der Waals surface area (Å²) in [7, 11) is 1.84. The molecule has 3 aliphatic rings. The lowest BCUT2D eigenvalue weighted by molar-refractivity contribution is 0.0824. The molecule has 3 fully saturated rings. The van der Waals surface area contributed by atoms with Gasteiger partial charge in [0.05, 0.1) is 6.61 Å². The Hall–Kier alpha value is -0.120. The zero-order chi connectivity index (χ0) is 12.4. The molecule has 0 aromatic heterocycles. The van der Waals surface area contributed by atoms with Gasteiger partial charge >= 0.3 is 0 Å². The third-order valence-electron chi connectivity index (χ3n) is 4.47. The largest absolute Gasteiger partial charge is 0.383 e. The SMILES string of the molecule is COCC(CNC1CC1)N(CC1CC1)CC1CC1. The number of ether oxygens (including phenoxy) is 1. The van der Waals surface area contributed by atoms with Crippen LogP contribution >= 0.6 is 0 Å². The van der Waals surface area contributed by atoms with Crippen LogP contribution in [-0.2, 0) is 4.74 Å². The van der Waals surface area contributed by atoms with E-state index in [9.17, 15) is 0 Å². The van der Waals surface area contributed by atoms with E-state index in [2.05, 4.69) is 10.2 Å². The minimum Gasteiger partial charge on any atom is -0.383 e. The number of methoxy groups -OCH3 is 1. The molecule has 18 heavy (non-hydrogen) atoms. The lowest BCUT2D eigenvalue weighted by Gasteiger charge is -2.32. The predicted octanol–water partition coefficient (Wildman–Crippen LogP) is 1.88. The molecule has 1 N–H and O–H groups in total. The molecular formula is C15H28N2O. The van der Waals surface area contributed by atoms with Crippen LogP contribution in [0.4, 0.5) is 0 Å². The van der Waals surface area contributed by atoms with Crippen LogP contribution in [0.15, 0.2) is 0 Å². The van der Waals surface area contributed by atoms with Gasteiger partial charge in [-0.3, -0.25) is 4.90 Å². The normalized spacial score (nSPS) is 25.7. The summed E-state index contributed by atoms with van der Waals surface area (Å²) in [6, 6.07) is 1.41. The molecule has 0 aromatic rings. The first-order valence-corrected chi connectivity index (χ1v) is 7.81. The summed E-state index contributed by atoms with van der Waals surface area (Å²) in [6.07, 6.45) is 8.58. The Morgan fingerprint density at radius 2 is 1.67 bits per heavy atom. The second-order valence-electron chi connectivity index (χ2n) is 6.63. The van der Waals surface area contributed by atoms with E-state index in [1.807, 2.05) is 7.11 Å². The van der Waals surface area contributed by atoms with Crippen molar-refractivity contribution in [3.05, 3.63) is 0 Å². The third kappa shape index (κ3) is 4.22. The van der Waals surface area contributed by atoms with Crippen LogP contribution in [0.2, 0.25) is 0 Å². The van der Waals surface area contributed by atoms with E-state index >= 15 is 0 Å². The number of nitrogens with zero attached hydrogens (tertiary/aromatic N) is 1. The Kier molecular flexibility index (Phi) is 4.22. The maximum atomic E-state index is 5.46. The second kappa shape index (κ2) is 5.89. The van der Waals surface area contributed by atoms with Gasteiger partial charge in [0.1, 0.15) is 0 Å². The molecular weight excluding hydrogens is 224 g/mol. The van der Waals surface area contributed by atoms with Gasteiger partial charge < -0.3 is 10.1 Å². The lowest BCUT2D eigenvalue weighted by Crippen LogP contribution is -2.47. The molecule has 104 valence electrons. The smallest absolute Gasteiger partial charge is 0.0630 e. The quantitative estimate of drug-likeness (QED) is 0.642. The minimum absolute atomic E-state index is 0.594. The lowest BCUT2D eigenvalue weighted by atomic mass is 10.2. The fourth-order valence-corrected chi connectivity index (χ4v) is 2.71. The molecule has 3 aliphatic carbocycles. The third-order valence-corrected chi connectivity index (χ3v) is 4.47. The van der Waals surface area contributed by atoms with E-state index < -0.39 is 0 Å². The molecule has 3 rings (SSSR count). The summed E-state index contributed by atoms with van der Waals surface area (Å²) in [6.45, 7) is 4.64. The molecule has 3 heteroatoms. The maximum Gasteiger partial charge on any atom is 0.0630 e. The van der Waals surface area contributed by atoms with Gasteiger partial charge in [-0.2, -0.15) is 0 Å². The van der Waals surface area contributed by atoms with E-state index in [4.69, 9.17) is 4.74 Å². The average molecular weight is 252 g/mol. The molecule has 0 aromatic carbocycles. The van der Waals surface area contributed by atoms with Crippen molar-refractivity contribution < 1.29 is 4.74 Å². The number of nitrogens with one attached hydrogen (secondary N) is 1. The van der Waals surface area contributed by atoms with Gasteiger partial charge in [0.15, 0.2) is 0 Å². The molecule has 0 heterocycles. The Bertz CT molecular complexity index is 245. The molecule has 0 spiro atoms. The van der Waals surface area contributed by atoms with Gasteiger partial charge in [-0.1, -0.05) is 0 Å². The monoisotopic (exact) mass is 252 g/mol. The Labute approximate surface area is 111 Å². The summed E-state index contributed by atoms with van der Waals surface area (Å²) < 4.78 is 5.46. The molecule has 1 atom stereocenters. The predicted molar refractivity (Wildman–Crippen MR) is 73.7 cm³/mol. The van der Waals surface area contributed by atoms with Crippen LogP contribution in [0.1, 0.15) is 38.5 Å². The van der Waals surface area contributed by atoms with E-state index in [0.717, 1.165) is 31.0 Å². The van der Waals surface area contributed by atoms with E-state index in [0.29, 0.717) is 6.04 Å². The highest BCUT2D eigenvalue weighted by Gasteiger charge is 2.33. The van der Waals surface area contributed by atoms with Gasteiger partial charge in [-0.15, -0.1) is 0 Å². The number of rotatable bonds is 10. The van der Waals surface area contributed by atoms with E-state index in [-0.39, 0.29) is 0 Å². The maximum absolute atomic E-state index is 5.46. The molecule has 1 unspecified atom stereocenters. The average Bonchev–Trinajstić information content (AvgIpc) is 3.22. The van der Waals surface area contributed by atoms with Crippen LogP contribution in [-0.4, -0.2) is 50.3 Å². The highest BCUT2D eigenvalue weighted by molar-refractivity contribution is 4.89. The minimum atomic E-state index is 0.594. The van der Waals surface area contributed by atoms with Crippen LogP contribution < -0.4 is 5.32 Å². The fourth-order valence-electron chi connectivity index (χ4n) is 2.71. The Morgan fingerprint density at radius 1 is 1.06 bits per heavy atom. The first kappa shape index (κ1) is 12.9. The highest BCUT2D eigenvalue weighted by Crippen LogP contribution is 2.34. The molecule has 0 saturated heterocycles. The molecule has 0 radical (unpaired) electrons. The summed E-state index contributed by atoms with van der Waals surface area (Å²) in [5.74, 6) is 1.98.